The summed E-state index contributed by atoms with van der Waals surface area (Å²) in [5.74, 6) is 0. The molecule has 1 aromatic rings. The van der Waals surface area contributed by atoms with E-state index in [2.05, 4.69) is 4.72 Å². The Hall–Kier alpha value is -1.37. The van der Waals surface area contributed by atoms with Crippen molar-refractivity contribution in [3.8, 4) is 0 Å². The molecule has 0 unspecified atom stereocenters. The number of benzene rings is 1. The number of nitrogens with one attached hydrogen (secondary N) is 1. The molecule has 0 aliphatic carbocycles. The predicted molar refractivity (Wildman–Crippen MR) is 67.8 cm³/mol. The highest BCUT2D eigenvalue weighted by molar-refractivity contribution is 7.89. The summed E-state index contributed by atoms with van der Waals surface area (Å²) >= 11 is 5.67. The van der Waals surface area contributed by atoms with Gasteiger partial charge in [-0.05, 0) is 24.3 Å². The summed E-state index contributed by atoms with van der Waals surface area (Å²) in [6.07, 6.45) is 1.58. The van der Waals surface area contributed by atoms with E-state index in [9.17, 15) is 13.2 Å². The van der Waals surface area contributed by atoms with E-state index in [-0.39, 0.29) is 17.2 Å². The van der Waals surface area contributed by atoms with Gasteiger partial charge in [0.05, 0.1) is 17.2 Å². The molecule has 0 atom stereocenters. The molecule has 98 valence electrons. The van der Waals surface area contributed by atoms with Crippen molar-refractivity contribution in [2.45, 2.75) is 4.90 Å². The highest BCUT2D eigenvalue weighted by atomic mass is 35.5. The van der Waals surface area contributed by atoms with E-state index in [0.29, 0.717) is 11.3 Å². The number of carbonyl (C=O) groups excluding carboxylic acids is 1. The molecule has 0 spiro atoms. The first kappa shape index (κ1) is 14.7. The first-order valence-corrected chi connectivity index (χ1v) is 6.77. The maximum absolute atomic E-state index is 11.9. The van der Waals surface area contributed by atoms with Crippen LogP contribution in [0.1, 0.15) is 0 Å². The van der Waals surface area contributed by atoms with E-state index in [4.69, 9.17) is 16.3 Å². The summed E-state index contributed by atoms with van der Waals surface area (Å²) in [5.41, 5.74) is 0.155. The molecule has 0 amide bonds. The van der Waals surface area contributed by atoms with Crippen molar-refractivity contribution in [2.75, 3.05) is 13.7 Å². The molecule has 0 radical (unpaired) electrons. The topological polar surface area (TPSA) is 72.5 Å². The summed E-state index contributed by atoms with van der Waals surface area (Å²) < 4.78 is 30.9. The first-order chi connectivity index (χ1) is 8.49. The Morgan fingerprint density at radius 3 is 2.50 bits per heavy atom. The van der Waals surface area contributed by atoms with Crippen molar-refractivity contribution in [3.63, 3.8) is 0 Å². The van der Waals surface area contributed by atoms with Crippen LogP contribution in [0.25, 0.3) is 0 Å². The van der Waals surface area contributed by atoms with Gasteiger partial charge in [0.1, 0.15) is 6.29 Å². The Kier molecular flexibility index (Phi) is 5.33. The lowest BCUT2D eigenvalue weighted by molar-refractivity contribution is -0.104. The highest BCUT2D eigenvalue weighted by Crippen LogP contribution is 2.14. The Labute approximate surface area is 110 Å². The van der Waals surface area contributed by atoms with E-state index in [0.717, 1.165) is 6.08 Å². The SMILES string of the molecule is COC/C(=C\C=O)NS(=O)(=O)c1ccc(Cl)cc1. The molecule has 7 heteroatoms. The number of allylic oxidation sites excluding steroid dienone is 1. The zero-order chi connectivity index (χ0) is 13.6. The number of rotatable bonds is 6. The van der Waals surface area contributed by atoms with Gasteiger partial charge in [0.2, 0.25) is 0 Å². The summed E-state index contributed by atoms with van der Waals surface area (Å²) in [5, 5.41) is 0.439. The van der Waals surface area contributed by atoms with Crippen LogP contribution in [0, 0.1) is 0 Å². The van der Waals surface area contributed by atoms with Gasteiger partial charge in [-0.15, -0.1) is 0 Å². The fourth-order valence-electron chi connectivity index (χ4n) is 1.19. The molecule has 0 saturated heterocycles. The normalized spacial score (nSPS) is 12.2. The van der Waals surface area contributed by atoms with Crippen molar-refractivity contribution in [2.24, 2.45) is 0 Å². The molecule has 0 heterocycles. The Morgan fingerprint density at radius 2 is 2.00 bits per heavy atom. The first-order valence-electron chi connectivity index (χ1n) is 4.91. The maximum Gasteiger partial charge on any atom is 0.261 e. The van der Waals surface area contributed by atoms with Gasteiger partial charge in [-0.3, -0.25) is 9.52 Å². The number of hydrogen-bond donors (Lipinski definition) is 1. The number of halogens is 1. The minimum Gasteiger partial charge on any atom is -0.378 e. The van der Waals surface area contributed by atoms with Crippen molar-refractivity contribution in [1.29, 1.82) is 0 Å². The lowest BCUT2D eigenvalue weighted by atomic mass is 10.4. The molecule has 0 fully saturated rings. The highest BCUT2D eigenvalue weighted by Gasteiger charge is 2.15. The van der Waals surface area contributed by atoms with E-state index in [1.54, 1.807) is 0 Å². The van der Waals surface area contributed by atoms with Crippen LogP contribution in [-0.2, 0) is 19.6 Å². The van der Waals surface area contributed by atoms with Crippen LogP contribution >= 0.6 is 11.6 Å². The number of hydrogen-bond acceptors (Lipinski definition) is 4. The quantitative estimate of drug-likeness (QED) is 0.634. The molecule has 0 aliphatic rings. The lowest BCUT2D eigenvalue weighted by Gasteiger charge is -2.10. The molecule has 1 N–H and O–H groups in total. The number of methoxy groups -OCH3 is 1. The third-order valence-corrected chi connectivity index (χ3v) is 3.63. The van der Waals surface area contributed by atoms with Crippen molar-refractivity contribution < 1.29 is 17.9 Å². The van der Waals surface area contributed by atoms with Crippen LogP contribution < -0.4 is 4.72 Å². The third kappa shape index (κ3) is 4.14. The average Bonchev–Trinajstić information content (AvgIpc) is 2.29. The largest absolute Gasteiger partial charge is 0.378 e. The van der Waals surface area contributed by atoms with E-state index in [1.807, 2.05) is 0 Å². The van der Waals surface area contributed by atoms with Gasteiger partial charge < -0.3 is 4.74 Å². The molecule has 0 aromatic heterocycles. The fourth-order valence-corrected chi connectivity index (χ4v) is 2.40. The van der Waals surface area contributed by atoms with Gasteiger partial charge in [0.25, 0.3) is 10.0 Å². The molecule has 18 heavy (non-hydrogen) atoms. The second kappa shape index (κ2) is 6.53. The molecule has 0 aliphatic heterocycles. The van der Waals surface area contributed by atoms with Crippen LogP contribution in [0.2, 0.25) is 5.02 Å². The molecule has 0 saturated carbocycles. The third-order valence-electron chi connectivity index (χ3n) is 1.96. The number of ether oxygens (including phenoxy) is 1. The molecule has 5 nitrogen and oxygen atoms in total. The number of carbonyl (C=O) groups is 1. The van der Waals surface area contributed by atoms with Crippen LogP contribution in [0.5, 0.6) is 0 Å². The average molecular weight is 290 g/mol. The smallest absolute Gasteiger partial charge is 0.261 e. The molecule has 1 rings (SSSR count). The molecular weight excluding hydrogens is 278 g/mol. The van der Waals surface area contributed by atoms with Gasteiger partial charge in [-0.25, -0.2) is 8.42 Å². The number of sulfonamides is 1. The maximum atomic E-state index is 11.9. The fraction of sp³-hybridized carbons (Fsp3) is 0.182. The Morgan fingerprint density at radius 1 is 1.39 bits per heavy atom. The minimum atomic E-state index is -3.74. The predicted octanol–water partition coefficient (Wildman–Crippen LogP) is 1.35. The number of aldehydes is 1. The summed E-state index contributed by atoms with van der Waals surface area (Å²) in [6, 6.07) is 5.68. The Balaban J connectivity index is 2.96. The van der Waals surface area contributed by atoms with Gasteiger partial charge in [0.15, 0.2) is 0 Å². The van der Waals surface area contributed by atoms with E-state index in [1.165, 1.54) is 31.4 Å². The molecular formula is C11H12ClNO4S. The van der Waals surface area contributed by atoms with Gasteiger partial charge in [-0.2, -0.15) is 0 Å². The second-order valence-corrected chi connectivity index (χ2v) is 5.44. The van der Waals surface area contributed by atoms with Crippen molar-refractivity contribution in [1.82, 2.24) is 4.72 Å². The lowest BCUT2D eigenvalue weighted by Crippen LogP contribution is -2.25. The Bertz CT molecular complexity index is 537. The van der Waals surface area contributed by atoms with Crippen LogP contribution in [-0.4, -0.2) is 28.4 Å². The summed E-state index contributed by atoms with van der Waals surface area (Å²) in [4.78, 5) is 10.4. The molecule has 1 aromatic carbocycles. The van der Waals surface area contributed by atoms with E-state index >= 15 is 0 Å². The van der Waals surface area contributed by atoms with Gasteiger partial charge in [0, 0.05) is 18.2 Å². The van der Waals surface area contributed by atoms with E-state index < -0.39 is 10.0 Å². The van der Waals surface area contributed by atoms with Crippen molar-refractivity contribution in [3.05, 3.63) is 41.1 Å². The minimum absolute atomic E-state index is 0.00837. The second-order valence-electron chi connectivity index (χ2n) is 3.32. The van der Waals surface area contributed by atoms with Gasteiger partial charge >= 0.3 is 0 Å². The summed E-state index contributed by atoms with van der Waals surface area (Å²) in [7, 11) is -2.34. The monoisotopic (exact) mass is 289 g/mol. The molecule has 0 bridgehead atoms. The summed E-state index contributed by atoms with van der Waals surface area (Å²) in [6.45, 7) is -0.00837. The van der Waals surface area contributed by atoms with Crippen LogP contribution in [0.3, 0.4) is 0 Å². The standard InChI is InChI=1S/C11H12ClNO4S/c1-17-8-10(6-7-14)13-18(15,16)11-4-2-9(12)3-5-11/h2-7,13H,8H2,1H3/b10-6+. The van der Waals surface area contributed by atoms with Crippen LogP contribution in [0.4, 0.5) is 0 Å². The zero-order valence-electron chi connectivity index (χ0n) is 9.59. The van der Waals surface area contributed by atoms with Gasteiger partial charge in [-0.1, -0.05) is 11.6 Å². The van der Waals surface area contributed by atoms with Crippen molar-refractivity contribution >= 4 is 27.9 Å². The van der Waals surface area contributed by atoms with Crippen LogP contribution in [0.15, 0.2) is 40.9 Å². The zero-order valence-corrected chi connectivity index (χ0v) is 11.2.